The molecule has 2 N–H and O–H groups in total. The van der Waals surface area contributed by atoms with Crippen LogP contribution in [-0.2, 0) is 10.0 Å². The maximum absolute atomic E-state index is 13.7. The van der Waals surface area contributed by atoms with E-state index in [9.17, 15) is 12.8 Å². The molecule has 1 aromatic heterocycles. The van der Waals surface area contributed by atoms with Gasteiger partial charge in [-0.05, 0) is 31.5 Å². The van der Waals surface area contributed by atoms with Gasteiger partial charge in [0.2, 0.25) is 10.0 Å². The molecule has 1 aliphatic rings. The van der Waals surface area contributed by atoms with Crippen LogP contribution in [0.5, 0.6) is 0 Å². The van der Waals surface area contributed by atoms with Crippen molar-refractivity contribution in [3.63, 3.8) is 0 Å². The van der Waals surface area contributed by atoms with Gasteiger partial charge in [0.25, 0.3) is 0 Å². The lowest BCUT2D eigenvalue weighted by Gasteiger charge is -2.23. The molecule has 2 aromatic rings. The van der Waals surface area contributed by atoms with Crippen molar-refractivity contribution >= 4 is 10.0 Å². The predicted octanol–water partition coefficient (Wildman–Crippen LogP) is 1.43. The van der Waals surface area contributed by atoms with Crippen LogP contribution in [-0.4, -0.2) is 37.3 Å². The second kappa shape index (κ2) is 6.77. The number of rotatable bonds is 5. The van der Waals surface area contributed by atoms with Gasteiger partial charge in [-0.3, -0.25) is 0 Å². The highest BCUT2D eigenvalue weighted by molar-refractivity contribution is 7.89. The fourth-order valence-electron chi connectivity index (χ4n) is 2.61. The molecule has 0 saturated carbocycles. The molecule has 1 aromatic carbocycles. The fourth-order valence-corrected chi connectivity index (χ4v) is 3.62. The molecular formula is C15H19FN4O2S. The van der Waals surface area contributed by atoms with Crippen LogP contribution in [0.25, 0.3) is 5.69 Å². The molecule has 1 saturated heterocycles. The first-order valence-corrected chi connectivity index (χ1v) is 9.07. The van der Waals surface area contributed by atoms with E-state index in [4.69, 9.17) is 0 Å². The van der Waals surface area contributed by atoms with Crippen LogP contribution in [0.15, 0.2) is 41.6 Å². The quantitative estimate of drug-likeness (QED) is 0.865. The zero-order valence-corrected chi connectivity index (χ0v) is 13.4. The molecule has 1 fully saturated rings. The average Bonchev–Trinajstić information content (AvgIpc) is 3.05. The SMILES string of the molecule is O=S(=O)(NC[C@@H]1CCCCN1)c1cnn(-c2ccccc2F)c1. The Hall–Kier alpha value is -1.77. The summed E-state index contributed by atoms with van der Waals surface area (Å²) in [5.74, 6) is -0.459. The van der Waals surface area contributed by atoms with Gasteiger partial charge >= 0.3 is 0 Å². The number of nitrogens with one attached hydrogen (secondary N) is 2. The van der Waals surface area contributed by atoms with E-state index in [-0.39, 0.29) is 16.6 Å². The molecule has 0 aliphatic carbocycles. The largest absolute Gasteiger partial charge is 0.313 e. The van der Waals surface area contributed by atoms with Crippen molar-refractivity contribution in [1.29, 1.82) is 0 Å². The third-order valence-electron chi connectivity index (χ3n) is 3.90. The number of hydrogen-bond donors (Lipinski definition) is 2. The zero-order valence-electron chi connectivity index (χ0n) is 12.6. The van der Waals surface area contributed by atoms with Crippen LogP contribution < -0.4 is 10.0 Å². The van der Waals surface area contributed by atoms with E-state index in [0.29, 0.717) is 6.54 Å². The second-order valence-electron chi connectivity index (χ2n) is 5.57. The molecule has 8 heteroatoms. The summed E-state index contributed by atoms with van der Waals surface area (Å²) in [6.45, 7) is 1.25. The molecule has 2 heterocycles. The Morgan fingerprint density at radius 3 is 2.91 bits per heavy atom. The second-order valence-corrected chi connectivity index (χ2v) is 7.34. The van der Waals surface area contributed by atoms with Gasteiger partial charge in [0.1, 0.15) is 16.4 Å². The van der Waals surface area contributed by atoms with Gasteiger partial charge in [0, 0.05) is 12.6 Å². The van der Waals surface area contributed by atoms with E-state index < -0.39 is 15.8 Å². The lowest BCUT2D eigenvalue weighted by Crippen LogP contribution is -2.43. The molecule has 0 unspecified atom stereocenters. The third kappa shape index (κ3) is 3.77. The molecule has 6 nitrogen and oxygen atoms in total. The number of para-hydroxylation sites is 1. The number of nitrogens with zero attached hydrogens (tertiary/aromatic N) is 2. The van der Waals surface area contributed by atoms with Crippen molar-refractivity contribution in [2.75, 3.05) is 13.1 Å². The van der Waals surface area contributed by atoms with Crippen molar-refractivity contribution < 1.29 is 12.8 Å². The third-order valence-corrected chi connectivity index (χ3v) is 5.28. The zero-order chi connectivity index (χ0) is 16.3. The number of sulfonamides is 1. The lowest BCUT2D eigenvalue weighted by atomic mass is 10.1. The summed E-state index contributed by atoms with van der Waals surface area (Å²) in [4.78, 5) is 0.0246. The first-order valence-electron chi connectivity index (χ1n) is 7.59. The Labute approximate surface area is 134 Å². The van der Waals surface area contributed by atoms with Crippen molar-refractivity contribution in [3.8, 4) is 5.69 Å². The molecule has 0 bridgehead atoms. The van der Waals surface area contributed by atoms with Crippen molar-refractivity contribution in [2.24, 2.45) is 0 Å². The Balaban J connectivity index is 1.72. The van der Waals surface area contributed by atoms with Crippen LogP contribution >= 0.6 is 0 Å². The highest BCUT2D eigenvalue weighted by Crippen LogP contribution is 2.15. The van der Waals surface area contributed by atoms with Crippen LogP contribution in [0.4, 0.5) is 4.39 Å². The molecule has 0 radical (unpaired) electrons. The van der Waals surface area contributed by atoms with Gasteiger partial charge in [0.05, 0.1) is 12.4 Å². The van der Waals surface area contributed by atoms with Crippen LogP contribution in [0.2, 0.25) is 0 Å². The summed E-state index contributed by atoms with van der Waals surface area (Å²) in [5.41, 5.74) is 0.211. The smallest absolute Gasteiger partial charge is 0.243 e. The molecule has 1 atom stereocenters. The molecule has 3 rings (SSSR count). The molecule has 0 spiro atoms. The topological polar surface area (TPSA) is 76.0 Å². The van der Waals surface area contributed by atoms with E-state index in [1.807, 2.05) is 0 Å². The minimum atomic E-state index is -3.66. The van der Waals surface area contributed by atoms with Crippen molar-refractivity contribution in [3.05, 3.63) is 42.5 Å². The molecule has 23 heavy (non-hydrogen) atoms. The summed E-state index contributed by atoms with van der Waals surface area (Å²) in [7, 11) is -3.66. The Kier molecular flexibility index (Phi) is 4.74. The normalized spacial score (nSPS) is 18.9. The van der Waals surface area contributed by atoms with Crippen LogP contribution in [0.1, 0.15) is 19.3 Å². The highest BCUT2D eigenvalue weighted by Gasteiger charge is 2.20. The van der Waals surface area contributed by atoms with Crippen molar-refractivity contribution in [1.82, 2.24) is 19.8 Å². The van der Waals surface area contributed by atoms with Crippen LogP contribution in [0, 0.1) is 5.82 Å². The minimum Gasteiger partial charge on any atom is -0.313 e. The van der Waals surface area contributed by atoms with E-state index in [1.54, 1.807) is 12.1 Å². The number of halogens is 1. The molecule has 0 amide bonds. The van der Waals surface area contributed by atoms with Gasteiger partial charge in [-0.15, -0.1) is 0 Å². The standard InChI is InChI=1S/C15H19FN4O2S/c16-14-6-1-2-7-15(14)20-11-13(10-18-20)23(21,22)19-9-12-5-3-4-8-17-12/h1-2,6-7,10-12,17,19H,3-5,8-9H2/t12-/m0/s1. The number of aromatic nitrogens is 2. The number of hydrogen-bond acceptors (Lipinski definition) is 4. The average molecular weight is 338 g/mol. The summed E-state index contributed by atoms with van der Waals surface area (Å²) in [6.07, 6.45) is 5.72. The minimum absolute atomic E-state index is 0.0246. The van der Waals surface area contributed by atoms with Crippen LogP contribution in [0.3, 0.4) is 0 Å². The monoisotopic (exact) mass is 338 g/mol. The predicted molar refractivity (Wildman–Crippen MR) is 84.4 cm³/mol. The molecule has 1 aliphatic heterocycles. The first-order chi connectivity index (χ1) is 11.1. The lowest BCUT2D eigenvalue weighted by molar-refractivity contribution is 0.398. The first kappa shape index (κ1) is 16.1. The van der Waals surface area contributed by atoms with E-state index in [0.717, 1.165) is 25.8 Å². The number of piperidine rings is 1. The highest BCUT2D eigenvalue weighted by atomic mass is 32.2. The maximum Gasteiger partial charge on any atom is 0.243 e. The van der Waals surface area contributed by atoms with Gasteiger partial charge in [-0.2, -0.15) is 5.10 Å². The summed E-state index contributed by atoms with van der Waals surface area (Å²) in [6, 6.07) is 6.23. The van der Waals surface area contributed by atoms with Gasteiger partial charge in [-0.25, -0.2) is 22.2 Å². The Morgan fingerprint density at radius 2 is 2.17 bits per heavy atom. The van der Waals surface area contributed by atoms with E-state index >= 15 is 0 Å². The summed E-state index contributed by atoms with van der Waals surface area (Å²) < 4.78 is 42.2. The Morgan fingerprint density at radius 1 is 1.35 bits per heavy atom. The van der Waals surface area contributed by atoms with Crippen molar-refractivity contribution in [2.45, 2.75) is 30.2 Å². The summed E-state index contributed by atoms with van der Waals surface area (Å²) >= 11 is 0. The molecular weight excluding hydrogens is 319 g/mol. The fraction of sp³-hybridized carbons (Fsp3) is 0.400. The maximum atomic E-state index is 13.7. The van der Waals surface area contributed by atoms with E-state index in [2.05, 4.69) is 15.1 Å². The number of benzene rings is 1. The Bertz CT molecular complexity index is 769. The van der Waals surface area contributed by atoms with Gasteiger partial charge < -0.3 is 5.32 Å². The van der Waals surface area contributed by atoms with Gasteiger partial charge in [-0.1, -0.05) is 18.6 Å². The molecule has 124 valence electrons. The van der Waals surface area contributed by atoms with E-state index in [1.165, 1.54) is 29.2 Å². The summed E-state index contributed by atoms with van der Waals surface area (Å²) in [5, 5.41) is 7.23. The van der Waals surface area contributed by atoms with Gasteiger partial charge in [0.15, 0.2) is 0 Å².